The van der Waals surface area contributed by atoms with Crippen LogP contribution in [0.5, 0.6) is 5.75 Å². The molecule has 1 aromatic carbocycles. The fourth-order valence-corrected chi connectivity index (χ4v) is 2.14. The number of nitrogens with zero attached hydrogens (tertiary/aromatic N) is 1. The summed E-state index contributed by atoms with van der Waals surface area (Å²) in [5.41, 5.74) is 2.27. The maximum absolute atomic E-state index is 11.9. The molecule has 17 heavy (non-hydrogen) atoms. The Labute approximate surface area is 104 Å². The molecule has 0 fully saturated rings. The first-order chi connectivity index (χ1) is 8.08. The predicted molar refractivity (Wildman–Crippen MR) is 67.7 cm³/mol. The maximum atomic E-state index is 11.9. The third kappa shape index (κ3) is 2.53. The monoisotopic (exact) mass is 247 g/mol. The first kappa shape index (κ1) is 11.8. The van der Waals surface area contributed by atoms with Crippen molar-refractivity contribution >= 4 is 17.3 Å². The van der Waals surface area contributed by atoms with Gasteiger partial charge in [0, 0.05) is 5.38 Å². The van der Waals surface area contributed by atoms with E-state index in [1.54, 1.807) is 5.38 Å². The number of carbonyl (C=O) groups excluding carboxylic acids is 1. The molecular formula is C13H13NO2S. The molecule has 0 aliphatic carbocycles. The van der Waals surface area contributed by atoms with Gasteiger partial charge >= 0.3 is 5.97 Å². The predicted octanol–water partition coefficient (Wildman–Crippen LogP) is 3.29. The second-order valence-corrected chi connectivity index (χ2v) is 4.92. The molecule has 88 valence electrons. The highest BCUT2D eigenvalue weighted by Crippen LogP contribution is 2.23. The van der Waals surface area contributed by atoms with Crippen LogP contribution < -0.4 is 4.74 Å². The van der Waals surface area contributed by atoms with Gasteiger partial charge in [-0.05, 0) is 31.9 Å². The molecule has 0 spiro atoms. The average Bonchev–Trinajstić information content (AvgIpc) is 2.70. The molecule has 0 saturated heterocycles. The normalized spacial score (nSPS) is 10.3. The number of para-hydroxylation sites is 1. The summed E-state index contributed by atoms with van der Waals surface area (Å²) in [4.78, 5) is 16.0. The molecule has 1 aromatic heterocycles. The number of hydrogen-bond donors (Lipinski definition) is 0. The van der Waals surface area contributed by atoms with Crippen molar-refractivity contribution in [3.05, 3.63) is 45.4 Å². The second kappa shape index (κ2) is 4.67. The van der Waals surface area contributed by atoms with Gasteiger partial charge in [-0.1, -0.05) is 18.2 Å². The molecule has 0 aliphatic rings. The Balaban J connectivity index is 2.24. The zero-order valence-electron chi connectivity index (χ0n) is 9.98. The smallest absolute Gasteiger partial charge is 0.363 e. The van der Waals surface area contributed by atoms with Crippen LogP contribution in [-0.4, -0.2) is 11.0 Å². The van der Waals surface area contributed by atoms with Crippen molar-refractivity contribution in [2.75, 3.05) is 0 Å². The highest BCUT2D eigenvalue weighted by Gasteiger charge is 2.14. The first-order valence-electron chi connectivity index (χ1n) is 5.28. The fraction of sp³-hybridized carbons (Fsp3) is 0.231. The van der Waals surface area contributed by atoms with Crippen LogP contribution in [0.1, 0.15) is 26.6 Å². The molecular weight excluding hydrogens is 234 g/mol. The van der Waals surface area contributed by atoms with Crippen molar-refractivity contribution in [2.45, 2.75) is 20.8 Å². The van der Waals surface area contributed by atoms with Crippen molar-refractivity contribution in [3.63, 3.8) is 0 Å². The van der Waals surface area contributed by atoms with Crippen LogP contribution in [-0.2, 0) is 0 Å². The number of aryl methyl sites for hydroxylation is 3. The van der Waals surface area contributed by atoms with E-state index in [9.17, 15) is 4.79 Å². The van der Waals surface area contributed by atoms with Gasteiger partial charge < -0.3 is 4.74 Å². The van der Waals surface area contributed by atoms with Crippen molar-refractivity contribution < 1.29 is 9.53 Å². The zero-order chi connectivity index (χ0) is 12.4. The molecule has 0 unspecified atom stereocenters. The molecule has 4 heteroatoms. The summed E-state index contributed by atoms with van der Waals surface area (Å²) < 4.78 is 5.38. The largest absolute Gasteiger partial charge is 0.421 e. The Morgan fingerprint density at radius 3 is 2.41 bits per heavy atom. The highest BCUT2D eigenvalue weighted by molar-refractivity contribution is 7.09. The maximum Gasteiger partial charge on any atom is 0.363 e. The molecule has 0 N–H and O–H groups in total. The number of rotatable bonds is 2. The summed E-state index contributed by atoms with van der Waals surface area (Å²) in [6, 6.07) is 5.78. The van der Waals surface area contributed by atoms with Gasteiger partial charge in [-0.3, -0.25) is 0 Å². The van der Waals surface area contributed by atoms with Gasteiger partial charge in [-0.25, -0.2) is 9.78 Å². The third-order valence-corrected chi connectivity index (χ3v) is 3.21. The van der Waals surface area contributed by atoms with E-state index < -0.39 is 5.97 Å². The third-order valence-electron chi connectivity index (χ3n) is 2.43. The summed E-state index contributed by atoms with van der Waals surface area (Å²) in [5, 5.41) is 2.57. The summed E-state index contributed by atoms with van der Waals surface area (Å²) in [5.74, 6) is 0.231. The average molecular weight is 247 g/mol. The van der Waals surface area contributed by atoms with E-state index in [2.05, 4.69) is 4.98 Å². The summed E-state index contributed by atoms with van der Waals surface area (Å²) >= 11 is 1.44. The van der Waals surface area contributed by atoms with Gasteiger partial charge in [0.1, 0.15) is 5.75 Å². The van der Waals surface area contributed by atoms with E-state index in [0.29, 0.717) is 11.4 Å². The molecule has 2 rings (SSSR count). The van der Waals surface area contributed by atoms with Crippen molar-refractivity contribution in [1.29, 1.82) is 0 Å². The summed E-state index contributed by atoms with van der Waals surface area (Å²) in [6.07, 6.45) is 0. The summed E-state index contributed by atoms with van der Waals surface area (Å²) in [6.45, 7) is 5.70. The Bertz CT molecular complexity index is 540. The molecule has 2 aromatic rings. The quantitative estimate of drug-likeness (QED) is 0.604. The Morgan fingerprint density at radius 2 is 1.88 bits per heavy atom. The van der Waals surface area contributed by atoms with Gasteiger partial charge in [-0.15, -0.1) is 11.3 Å². The number of carbonyl (C=O) groups is 1. The van der Waals surface area contributed by atoms with E-state index in [-0.39, 0.29) is 0 Å². The van der Waals surface area contributed by atoms with Crippen LogP contribution in [0.15, 0.2) is 23.6 Å². The van der Waals surface area contributed by atoms with Crippen LogP contribution in [0.25, 0.3) is 0 Å². The Morgan fingerprint density at radius 1 is 1.24 bits per heavy atom. The minimum absolute atomic E-state index is 0.371. The van der Waals surface area contributed by atoms with E-state index in [1.165, 1.54) is 11.3 Å². The Hall–Kier alpha value is -1.68. The molecule has 0 amide bonds. The van der Waals surface area contributed by atoms with Gasteiger partial charge in [0.25, 0.3) is 0 Å². The van der Waals surface area contributed by atoms with Crippen molar-refractivity contribution in [2.24, 2.45) is 0 Å². The number of benzene rings is 1. The van der Waals surface area contributed by atoms with Gasteiger partial charge in [0.05, 0.1) is 5.01 Å². The Kier molecular flexibility index (Phi) is 3.24. The number of hydrogen-bond acceptors (Lipinski definition) is 4. The van der Waals surface area contributed by atoms with Crippen LogP contribution >= 0.6 is 11.3 Å². The lowest BCUT2D eigenvalue weighted by Gasteiger charge is -2.08. The number of aromatic nitrogens is 1. The number of ether oxygens (including phenoxy) is 1. The van der Waals surface area contributed by atoms with Gasteiger partial charge in [0.15, 0.2) is 5.69 Å². The lowest BCUT2D eigenvalue weighted by molar-refractivity contribution is 0.0727. The van der Waals surface area contributed by atoms with E-state index in [1.807, 2.05) is 39.0 Å². The standard InChI is InChI=1S/C13H13NO2S/c1-8-5-4-6-9(2)12(8)16-13(15)11-7-17-10(3)14-11/h4-7H,1-3H3. The van der Waals surface area contributed by atoms with Crippen LogP contribution in [0.4, 0.5) is 0 Å². The molecule has 0 radical (unpaired) electrons. The van der Waals surface area contributed by atoms with Crippen LogP contribution in [0, 0.1) is 20.8 Å². The lowest BCUT2D eigenvalue weighted by atomic mass is 10.1. The number of esters is 1. The van der Waals surface area contributed by atoms with Crippen molar-refractivity contribution in [3.8, 4) is 5.75 Å². The minimum Gasteiger partial charge on any atom is -0.421 e. The lowest BCUT2D eigenvalue weighted by Crippen LogP contribution is -2.10. The number of thiazole rings is 1. The molecule has 0 atom stereocenters. The summed E-state index contributed by atoms with van der Waals surface area (Å²) in [7, 11) is 0. The van der Waals surface area contributed by atoms with Gasteiger partial charge in [-0.2, -0.15) is 0 Å². The van der Waals surface area contributed by atoms with E-state index >= 15 is 0 Å². The van der Waals surface area contributed by atoms with Crippen LogP contribution in [0.2, 0.25) is 0 Å². The SMILES string of the molecule is Cc1nc(C(=O)Oc2c(C)cccc2C)cs1. The minimum atomic E-state index is -0.397. The van der Waals surface area contributed by atoms with Crippen LogP contribution in [0.3, 0.4) is 0 Å². The molecule has 0 aliphatic heterocycles. The highest BCUT2D eigenvalue weighted by atomic mass is 32.1. The fourth-order valence-electron chi connectivity index (χ4n) is 1.56. The molecule has 1 heterocycles. The topological polar surface area (TPSA) is 39.2 Å². The van der Waals surface area contributed by atoms with E-state index in [4.69, 9.17) is 4.74 Å². The second-order valence-electron chi connectivity index (χ2n) is 3.86. The van der Waals surface area contributed by atoms with Gasteiger partial charge in [0.2, 0.25) is 0 Å². The zero-order valence-corrected chi connectivity index (χ0v) is 10.8. The van der Waals surface area contributed by atoms with Crippen molar-refractivity contribution in [1.82, 2.24) is 4.98 Å². The molecule has 0 bridgehead atoms. The molecule has 3 nitrogen and oxygen atoms in total. The molecule has 0 saturated carbocycles. The van der Waals surface area contributed by atoms with E-state index in [0.717, 1.165) is 16.1 Å². The first-order valence-corrected chi connectivity index (χ1v) is 6.16.